The SMILES string of the molecule is Fc1ccc(Oc2ccc(Br)cn2)c(Br)c1. The van der Waals surface area contributed by atoms with Crippen molar-refractivity contribution in [1.29, 1.82) is 0 Å². The lowest BCUT2D eigenvalue weighted by atomic mass is 10.3. The van der Waals surface area contributed by atoms with Crippen LogP contribution in [-0.2, 0) is 0 Å². The van der Waals surface area contributed by atoms with Gasteiger partial charge in [0.15, 0.2) is 0 Å². The number of pyridine rings is 1. The third-order valence-electron chi connectivity index (χ3n) is 1.81. The highest BCUT2D eigenvalue weighted by atomic mass is 79.9. The smallest absolute Gasteiger partial charge is 0.219 e. The number of hydrogen-bond donors (Lipinski definition) is 0. The van der Waals surface area contributed by atoms with Gasteiger partial charge in [-0.15, -0.1) is 0 Å². The Hall–Kier alpha value is -0.940. The van der Waals surface area contributed by atoms with E-state index in [-0.39, 0.29) is 5.82 Å². The van der Waals surface area contributed by atoms with Crippen molar-refractivity contribution in [2.75, 3.05) is 0 Å². The van der Waals surface area contributed by atoms with Crippen LogP contribution < -0.4 is 4.74 Å². The fourth-order valence-corrected chi connectivity index (χ4v) is 1.76. The molecule has 0 aliphatic rings. The molecule has 5 heteroatoms. The Balaban J connectivity index is 2.23. The van der Waals surface area contributed by atoms with E-state index in [1.165, 1.54) is 12.1 Å². The summed E-state index contributed by atoms with van der Waals surface area (Å²) < 4.78 is 19.7. The summed E-state index contributed by atoms with van der Waals surface area (Å²) in [5.74, 6) is 0.662. The van der Waals surface area contributed by atoms with Crippen molar-refractivity contribution in [3.8, 4) is 11.6 Å². The minimum atomic E-state index is -0.317. The lowest BCUT2D eigenvalue weighted by Crippen LogP contribution is -1.88. The predicted molar refractivity (Wildman–Crippen MR) is 66.1 cm³/mol. The number of halogens is 3. The Morgan fingerprint density at radius 3 is 2.56 bits per heavy atom. The fraction of sp³-hybridized carbons (Fsp3) is 0. The molecule has 0 atom stereocenters. The van der Waals surface area contributed by atoms with Crippen LogP contribution in [0.15, 0.2) is 45.5 Å². The largest absolute Gasteiger partial charge is 0.438 e. The van der Waals surface area contributed by atoms with E-state index in [0.717, 1.165) is 4.47 Å². The van der Waals surface area contributed by atoms with E-state index in [0.29, 0.717) is 16.1 Å². The van der Waals surface area contributed by atoms with Gasteiger partial charge < -0.3 is 4.74 Å². The summed E-state index contributed by atoms with van der Waals surface area (Å²) in [7, 11) is 0. The summed E-state index contributed by atoms with van der Waals surface area (Å²) in [6.07, 6.45) is 1.63. The van der Waals surface area contributed by atoms with Gasteiger partial charge in [-0.25, -0.2) is 9.37 Å². The molecule has 0 fully saturated rings. The highest BCUT2D eigenvalue weighted by molar-refractivity contribution is 9.10. The number of aromatic nitrogens is 1. The average molecular weight is 347 g/mol. The van der Waals surface area contributed by atoms with E-state index in [1.54, 1.807) is 18.3 Å². The molecule has 0 amide bonds. The Morgan fingerprint density at radius 1 is 1.12 bits per heavy atom. The Kier molecular flexibility index (Phi) is 3.56. The molecule has 0 aliphatic heterocycles. The van der Waals surface area contributed by atoms with Crippen LogP contribution in [0.2, 0.25) is 0 Å². The van der Waals surface area contributed by atoms with E-state index >= 15 is 0 Å². The molecule has 0 unspecified atom stereocenters. The van der Waals surface area contributed by atoms with Crippen LogP contribution in [0.4, 0.5) is 4.39 Å². The molecule has 82 valence electrons. The molecule has 0 N–H and O–H groups in total. The van der Waals surface area contributed by atoms with E-state index in [4.69, 9.17) is 4.74 Å². The lowest BCUT2D eigenvalue weighted by Gasteiger charge is -2.06. The Morgan fingerprint density at radius 2 is 1.94 bits per heavy atom. The molecule has 16 heavy (non-hydrogen) atoms. The third-order valence-corrected chi connectivity index (χ3v) is 2.90. The molecule has 0 saturated carbocycles. The fourth-order valence-electron chi connectivity index (χ4n) is 1.09. The highest BCUT2D eigenvalue weighted by Gasteiger charge is 2.04. The van der Waals surface area contributed by atoms with E-state index in [2.05, 4.69) is 36.8 Å². The van der Waals surface area contributed by atoms with Crippen molar-refractivity contribution >= 4 is 31.9 Å². The van der Waals surface area contributed by atoms with E-state index < -0.39 is 0 Å². The number of hydrogen-bond acceptors (Lipinski definition) is 2. The van der Waals surface area contributed by atoms with Crippen LogP contribution in [0, 0.1) is 5.82 Å². The van der Waals surface area contributed by atoms with Gasteiger partial charge in [0.25, 0.3) is 0 Å². The molecule has 2 rings (SSSR count). The average Bonchev–Trinajstić information content (AvgIpc) is 2.25. The molecule has 2 aromatic rings. The number of nitrogens with zero attached hydrogens (tertiary/aromatic N) is 1. The zero-order valence-corrected chi connectivity index (χ0v) is 11.1. The van der Waals surface area contributed by atoms with E-state index in [9.17, 15) is 4.39 Å². The van der Waals surface area contributed by atoms with Gasteiger partial charge in [-0.1, -0.05) is 0 Å². The first-order chi connectivity index (χ1) is 7.65. The van der Waals surface area contributed by atoms with Gasteiger partial charge in [-0.3, -0.25) is 0 Å². The molecule has 1 aromatic carbocycles. The quantitative estimate of drug-likeness (QED) is 0.796. The van der Waals surface area contributed by atoms with Crippen molar-refractivity contribution in [1.82, 2.24) is 4.98 Å². The molecule has 0 spiro atoms. The van der Waals surface area contributed by atoms with Gasteiger partial charge in [0, 0.05) is 16.7 Å². The Labute approximate surface area is 109 Å². The first kappa shape index (κ1) is 11.5. The molecule has 0 radical (unpaired) electrons. The first-order valence-electron chi connectivity index (χ1n) is 4.39. The molecule has 0 aliphatic carbocycles. The minimum absolute atomic E-state index is 0.317. The van der Waals surface area contributed by atoms with Crippen molar-refractivity contribution in [2.24, 2.45) is 0 Å². The third kappa shape index (κ3) is 2.80. The number of benzene rings is 1. The molecular weight excluding hydrogens is 341 g/mol. The van der Waals surface area contributed by atoms with Gasteiger partial charge >= 0.3 is 0 Å². The summed E-state index contributed by atoms with van der Waals surface area (Å²) in [5, 5.41) is 0. The summed E-state index contributed by atoms with van der Waals surface area (Å²) in [6.45, 7) is 0. The monoisotopic (exact) mass is 345 g/mol. The van der Waals surface area contributed by atoms with Crippen LogP contribution in [0.1, 0.15) is 0 Å². The van der Waals surface area contributed by atoms with Gasteiger partial charge in [0.1, 0.15) is 11.6 Å². The topological polar surface area (TPSA) is 22.1 Å². The van der Waals surface area contributed by atoms with Crippen LogP contribution in [0.25, 0.3) is 0 Å². The van der Waals surface area contributed by atoms with Crippen molar-refractivity contribution in [3.63, 3.8) is 0 Å². The molecular formula is C11H6Br2FNO. The van der Waals surface area contributed by atoms with E-state index in [1.807, 2.05) is 6.07 Å². The second kappa shape index (κ2) is 4.93. The molecule has 0 bridgehead atoms. The van der Waals surface area contributed by atoms with Crippen molar-refractivity contribution in [3.05, 3.63) is 51.3 Å². The first-order valence-corrected chi connectivity index (χ1v) is 5.98. The van der Waals surface area contributed by atoms with Crippen LogP contribution in [-0.4, -0.2) is 4.98 Å². The van der Waals surface area contributed by atoms with Crippen LogP contribution in [0.3, 0.4) is 0 Å². The number of ether oxygens (including phenoxy) is 1. The molecule has 1 heterocycles. The second-order valence-electron chi connectivity index (χ2n) is 2.99. The highest BCUT2D eigenvalue weighted by Crippen LogP contribution is 2.29. The standard InChI is InChI=1S/C11H6Br2FNO/c12-7-1-4-11(15-6-7)16-10-3-2-8(14)5-9(10)13/h1-6H. The summed E-state index contributed by atoms with van der Waals surface area (Å²) >= 11 is 6.49. The summed E-state index contributed by atoms with van der Waals surface area (Å²) in [4.78, 5) is 4.05. The minimum Gasteiger partial charge on any atom is -0.438 e. The van der Waals surface area contributed by atoms with Gasteiger partial charge in [0.05, 0.1) is 4.47 Å². The summed E-state index contributed by atoms with van der Waals surface area (Å²) in [5.41, 5.74) is 0. The zero-order valence-electron chi connectivity index (χ0n) is 7.95. The van der Waals surface area contributed by atoms with Gasteiger partial charge in [-0.05, 0) is 56.1 Å². The molecule has 2 nitrogen and oxygen atoms in total. The summed E-state index contributed by atoms with van der Waals surface area (Å²) in [6, 6.07) is 7.76. The lowest BCUT2D eigenvalue weighted by molar-refractivity contribution is 0.458. The Bertz CT molecular complexity index is 502. The normalized spacial score (nSPS) is 10.2. The second-order valence-corrected chi connectivity index (χ2v) is 4.76. The molecule has 1 aromatic heterocycles. The van der Waals surface area contributed by atoms with Gasteiger partial charge in [0.2, 0.25) is 5.88 Å². The van der Waals surface area contributed by atoms with Crippen LogP contribution in [0.5, 0.6) is 11.6 Å². The van der Waals surface area contributed by atoms with Crippen molar-refractivity contribution < 1.29 is 9.13 Å². The zero-order chi connectivity index (χ0) is 11.5. The predicted octanol–water partition coefficient (Wildman–Crippen LogP) is 4.54. The van der Waals surface area contributed by atoms with Crippen LogP contribution >= 0.6 is 31.9 Å². The maximum Gasteiger partial charge on any atom is 0.219 e. The van der Waals surface area contributed by atoms with Gasteiger partial charge in [-0.2, -0.15) is 0 Å². The number of rotatable bonds is 2. The van der Waals surface area contributed by atoms with Crippen molar-refractivity contribution in [2.45, 2.75) is 0 Å². The maximum atomic E-state index is 12.8. The maximum absolute atomic E-state index is 12.8. The molecule has 0 saturated heterocycles.